The number of anilines is 1. The number of amides is 1. The predicted octanol–water partition coefficient (Wildman–Crippen LogP) is 3.61. The Balaban J connectivity index is 1.37. The van der Waals surface area contributed by atoms with Crippen LogP contribution in [-0.4, -0.2) is 32.3 Å². The number of halogens is 1. The molecule has 31 heavy (non-hydrogen) atoms. The first kappa shape index (κ1) is 19.9. The minimum Gasteiger partial charge on any atom is -0.371 e. The molecule has 1 aromatic carbocycles. The summed E-state index contributed by atoms with van der Waals surface area (Å²) in [5, 5.41) is 14.1. The number of hydrogen-bond acceptors (Lipinski definition) is 8. The van der Waals surface area contributed by atoms with Gasteiger partial charge < -0.3 is 4.74 Å². The van der Waals surface area contributed by atoms with Crippen molar-refractivity contribution in [3.63, 3.8) is 0 Å². The maximum absolute atomic E-state index is 13.3. The van der Waals surface area contributed by atoms with Crippen LogP contribution in [0.3, 0.4) is 0 Å². The zero-order valence-corrected chi connectivity index (χ0v) is 17.7. The third kappa shape index (κ3) is 3.99. The molecule has 0 aliphatic carbocycles. The first-order valence-corrected chi connectivity index (χ1v) is 11.3. The van der Waals surface area contributed by atoms with E-state index < -0.39 is 5.91 Å². The molecular formula is C20H16FN5O3S2. The van der Waals surface area contributed by atoms with Gasteiger partial charge in [0.25, 0.3) is 5.56 Å². The van der Waals surface area contributed by atoms with E-state index in [0.29, 0.717) is 33.1 Å². The van der Waals surface area contributed by atoms with E-state index in [1.54, 1.807) is 12.1 Å². The quantitative estimate of drug-likeness (QED) is 0.492. The average Bonchev–Trinajstić information content (AvgIpc) is 3.51. The van der Waals surface area contributed by atoms with Gasteiger partial charge in [0.15, 0.2) is 0 Å². The Morgan fingerprint density at radius 2 is 2.13 bits per heavy atom. The van der Waals surface area contributed by atoms with E-state index in [4.69, 9.17) is 4.74 Å². The monoisotopic (exact) mass is 457 g/mol. The van der Waals surface area contributed by atoms with Crippen molar-refractivity contribution in [2.75, 3.05) is 11.9 Å². The molecular weight excluding hydrogens is 441 g/mol. The van der Waals surface area contributed by atoms with E-state index in [-0.39, 0.29) is 24.0 Å². The largest absolute Gasteiger partial charge is 0.371 e. The van der Waals surface area contributed by atoms with Crippen LogP contribution in [0.2, 0.25) is 0 Å². The number of rotatable bonds is 5. The van der Waals surface area contributed by atoms with Gasteiger partial charge in [-0.05, 0) is 30.5 Å². The van der Waals surface area contributed by atoms with Crippen LogP contribution in [0.1, 0.15) is 24.0 Å². The second kappa shape index (κ2) is 8.25. The Bertz CT molecular complexity index is 1310. The van der Waals surface area contributed by atoms with E-state index in [1.165, 1.54) is 45.7 Å². The number of ether oxygens (including phenoxy) is 1. The molecule has 1 unspecified atom stereocenters. The van der Waals surface area contributed by atoms with Gasteiger partial charge in [0.1, 0.15) is 28.3 Å². The fourth-order valence-corrected chi connectivity index (χ4v) is 5.17. The molecule has 8 nitrogen and oxygen atoms in total. The van der Waals surface area contributed by atoms with Crippen molar-refractivity contribution >= 4 is 43.9 Å². The second-order valence-electron chi connectivity index (χ2n) is 7.01. The van der Waals surface area contributed by atoms with Gasteiger partial charge in [-0.3, -0.25) is 19.5 Å². The van der Waals surface area contributed by atoms with Crippen LogP contribution in [0.25, 0.3) is 21.3 Å². The van der Waals surface area contributed by atoms with E-state index in [1.807, 2.05) is 5.38 Å². The Morgan fingerprint density at radius 3 is 2.90 bits per heavy atom. The third-order valence-electron chi connectivity index (χ3n) is 4.92. The summed E-state index contributed by atoms with van der Waals surface area (Å²) in [5.74, 6) is -0.758. The Labute approximate surface area is 183 Å². The Morgan fingerprint density at radius 1 is 1.29 bits per heavy atom. The summed E-state index contributed by atoms with van der Waals surface area (Å²) in [5.41, 5.74) is 1.04. The fourth-order valence-electron chi connectivity index (χ4n) is 3.42. The average molecular weight is 458 g/mol. The van der Waals surface area contributed by atoms with E-state index in [9.17, 15) is 14.0 Å². The fraction of sp³-hybridized carbons (Fsp3) is 0.250. The van der Waals surface area contributed by atoms with Crippen molar-refractivity contribution < 1.29 is 13.9 Å². The molecule has 1 N–H and O–H groups in total. The zero-order chi connectivity index (χ0) is 21.4. The van der Waals surface area contributed by atoms with Crippen LogP contribution < -0.4 is 10.9 Å². The maximum atomic E-state index is 13.3. The van der Waals surface area contributed by atoms with Gasteiger partial charge in [-0.25, -0.2) is 9.37 Å². The number of hydrogen-bond donors (Lipinski definition) is 1. The zero-order valence-electron chi connectivity index (χ0n) is 16.1. The molecule has 0 spiro atoms. The standard InChI is InChI=1S/C20H16FN5O3S2/c21-12-5-3-11(4-6-12)13-9-30-18-16(13)19(28)26(10-22-18)8-15(27)23-20-25-24-17(31-20)14-2-1-7-29-14/h3-6,9-10,14H,1-2,7-8H2,(H,23,25,27). The summed E-state index contributed by atoms with van der Waals surface area (Å²) in [6.07, 6.45) is 3.15. The second-order valence-corrected chi connectivity index (χ2v) is 8.88. The van der Waals surface area contributed by atoms with Gasteiger partial charge in [0, 0.05) is 17.6 Å². The SMILES string of the molecule is O=C(Cn1cnc2scc(-c3ccc(F)cc3)c2c1=O)Nc1nnc(C2CCCO2)s1. The molecule has 1 aliphatic heterocycles. The highest BCUT2D eigenvalue weighted by molar-refractivity contribution is 7.17. The number of carbonyl (C=O) groups is 1. The summed E-state index contributed by atoms with van der Waals surface area (Å²) in [7, 11) is 0. The van der Waals surface area contributed by atoms with Crippen LogP contribution in [0.4, 0.5) is 9.52 Å². The topological polar surface area (TPSA) is 99.0 Å². The summed E-state index contributed by atoms with van der Waals surface area (Å²) in [4.78, 5) is 30.4. The molecule has 0 saturated carbocycles. The number of thiophene rings is 1. The lowest BCUT2D eigenvalue weighted by atomic mass is 10.1. The highest BCUT2D eigenvalue weighted by atomic mass is 32.1. The van der Waals surface area contributed by atoms with Crippen molar-refractivity contribution in [2.24, 2.45) is 0 Å². The van der Waals surface area contributed by atoms with Crippen LogP contribution in [-0.2, 0) is 16.1 Å². The third-order valence-corrected chi connectivity index (χ3v) is 6.74. The lowest BCUT2D eigenvalue weighted by Gasteiger charge is -2.06. The predicted molar refractivity (Wildman–Crippen MR) is 116 cm³/mol. The number of aromatic nitrogens is 4. The van der Waals surface area contributed by atoms with Crippen LogP contribution in [0.5, 0.6) is 0 Å². The van der Waals surface area contributed by atoms with E-state index in [0.717, 1.165) is 17.8 Å². The number of fused-ring (bicyclic) bond motifs is 1. The van der Waals surface area contributed by atoms with Crippen LogP contribution >= 0.6 is 22.7 Å². The van der Waals surface area contributed by atoms with Crippen LogP contribution in [0.15, 0.2) is 40.8 Å². The number of benzene rings is 1. The summed E-state index contributed by atoms with van der Waals surface area (Å²) >= 11 is 2.59. The molecule has 11 heteroatoms. The van der Waals surface area contributed by atoms with Gasteiger partial charge in [-0.1, -0.05) is 23.5 Å². The lowest BCUT2D eigenvalue weighted by Crippen LogP contribution is -2.27. The molecule has 3 aromatic heterocycles. The van der Waals surface area contributed by atoms with Crippen LogP contribution in [0, 0.1) is 5.82 Å². The summed E-state index contributed by atoms with van der Waals surface area (Å²) in [6.45, 7) is 0.488. The molecule has 1 fully saturated rings. The minimum absolute atomic E-state index is 0.0687. The normalized spacial score (nSPS) is 16.1. The molecule has 1 amide bonds. The van der Waals surface area contributed by atoms with Gasteiger partial charge in [-0.2, -0.15) is 0 Å². The smallest absolute Gasteiger partial charge is 0.263 e. The first-order valence-electron chi connectivity index (χ1n) is 9.56. The molecule has 5 rings (SSSR count). The molecule has 158 valence electrons. The van der Waals surface area contributed by atoms with Crippen molar-refractivity contribution in [1.29, 1.82) is 0 Å². The molecule has 0 bridgehead atoms. The first-order chi connectivity index (χ1) is 15.1. The highest BCUT2D eigenvalue weighted by Gasteiger charge is 2.22. The minimum atomic E-state index is -0.406. The van der Waals surface area contributed by atoms with Crippen molar-refractivity contribution in [3.05, 3.63) is 57.2 Å². The summed E-state index contributed by atoms with van der Waals surface area (Å²) in [6, 6.07) is 5.91. The molecule has 1 atom stereocenters. The number of carbonyl (C=O) groups excluding carboxylic acids is 1. The summed E-state index contributed by atoms with van der Waals surface area (Å²) < 4.78 is 20.1. The van der Waals surface area contributed by atoms with Gasteiger partial charge >= 0.3 is 0 Å². The molecule has 1 saturated heterocycles. The Kier molecular flexibility index (Phi) is 5.30. The molecule has 4 heterocycles. The van der Waals surface area contributed by atoms with Crippen molar-refractivity contribution in [3.8, 4) is 11.1 Å². The van der Waals surface area contributed by atoms with Crippen molar-refractivity contribution in [2.45, 2.75) is 25.5 Å². The highest BCUT2D eigenvalue weighted by Crippen LogP contribution is 2.32. The Hall–Kier alpha value is -3.02. The van der Waals surface area contributed by atoms with E-state index in [2.05, 4.69) is 20.5 Å². The molecule has 1 aliphatic rings. The van der Waals surface area contributed by atoms with Crippen molar-refractivity contribution in [1.82, 2.24) is 19.7 Å². The van der Waals surface area contributed by atoms with Gasteiger partial charge in [0.05, 0.1) is 11.7 Å². The molecule has 0 radical (unpaired) electrons. The van der Waals surface area contributed by atoms with Gasteiger partial charge in [-0.15, -0.1) is 21.5 Å². The maximum Gasteiger partial charge on any atom is 0.263 e. The number of nitrogens with one attached hydrogen (secondary N) is 1. The molecule has 4 aromatic rings. The lowest BCUT2D eigenvalue weighted by molar-refractivity contribution is -0.116. The van der Waals surface area contributed by atoms with E-state index >= 15 is 0 Å². The number of nitrogens with zero attached hydrogens (tertiary/aromatic N) is 4. The van der Waals surface area contributed by atoms with Gasteiger partial charge in [0.2, 0.25) is 11.0 Å².